The molecule has 0 aliphatic rings. The Kier molecular flexibility index (Phi) is 3.96. The zero-order valence-corrected chi connectivity index (χ0v) is 10.4. The molecular weight excluding hydrogens is 234 g/mol. The summed E-state index contributed by atoms with van der Waals surface area (Å²) in [7, 11) is 3.35. The Bertz CT molecular complexity index is 513. The number of nitrogens with one attached hydrogen (secondary N) is 2. The predicted molar refractivity (Wildman–Crippen MR) is 68.9 cm³/mol. The maximum atomic E-state index is 9.60. The first-order valence-corrected chi connectivity index (χ1v) is 5.67. The van der Waals surface area contributed by atoms with E-state index in [4.69, 9.17) is 4.74 Å². The van der Waals surface area contributed by atoms with Gasteiger partial charge in [-0.2, -0.15) is 0 Å². The molecule has 0 bridgehead atoms. The lowest BCUT2D eigenvalue weighted by molar-refractivity contribution is 0.0727. The van der Waals surface area contributed by atoms with Crippen molar-refractivity contribution in [1.82, 2.24) is 14.4 Å². The highest BCUT2D eigenvalue weighted by molar-refractivity contribution is 5.65. The Balaban J connectivity index is 2.18. The summed E-state index contributed by atoms with van der Waals surface area (Å²) >= 11 is 0. The van der Waals surface area contributed by atoms with Crippen LogP contribution < -0.4 is 10.6 Å². The minimum Gasteiger partial charge on any atom is -0.389 e. The Morgan fingerprint density at radius 3 is 3.11 bits per heavy atom. The van der Waals surface area contributed by atoms with E-state index in [2.05, 4.69) is 20.6 Å². The lowest BCUT2D eigenvalue weighted by Gasteiger charge is -2.12. The first kappa shape index (κ1) is 12.6. The van der Waals surface area contributed by atoms with E-state index >= 15 is 0 Å². The average molecular weight is 251 g/mol. The van der Waals surface area contributed by atoms with Gasteiger partial charge in [-0.15, -0.1) is 0 Å². The molecule has 0 aliphatic heterocycles. The van der Waals surface area contributed by atoms with E-state index < -0.39 is 6.10 Å². The van der Waals surface area contributed by atoms with Crippen LogP contribution in [0.2, 0.25) is 0 Å². The zero-order valence-electron chi connectivity index (χ0n) is 10.4. The largest absolute Gasteiger partial charge is 0.389 e. The third-order valence-electron chi connectivity index (χ3n) is 2.49. The standard InChI is InChI=1S/C11H17N5O2/c1-12-9-6-16-4-3-13-11(16)10(15-9)14-5-8(17)7-18-2/h3-4,6,8,12,17H,5,7H2,1-2H3,(H,14,15). The number of imidazole rings is 1. The van der Waals surface area contributed by atoms with Gasteiger partial charge in [-0.1, -0.05) is 0 Å². The fraction of sp³-hybridized carbons (Fsp3) is 0.455. The van der Waals surface area contributed by atoms with Crippen LogP contribution in [0.25, 0.3) is 5.65 Å². The van der Waals surface area contributed by atoms with Crippen molar-refractivity contribution in [1.29, 1.82) is 0 Å². The van der Waals surface area contributed by atoms with Gasteiger partial charge in [0.15, 0.2) is 11.5 Å². The van der Waals surface area contributed by atoms with Crippen molar-refractivity contribution in [3.05, 3.63) is 18.6 Å². The Hall–Kier alpha value is -1.86. The van der Waals surface area contributed by atoms with Crippen LogP contribution in [0.3, 0.4) is 0 Å². The monoisotopic (exact) mass is 251 g/mol. The summed E-state index contributed by atoms with van der Waals surface area (Å²) in [5.41, 5.74) is 0.721. The summed E-state index contributed by atoms with van der Waals surface area (Å²) < 4.78 is 6.73. The van der Waals surface area contributed by atoms with E-state index in [-0.39, 0.29) is 6.61 Å². The van der Waals surface area contributed by atoms with Gasteiger partial charge in [0, 0.05) is 33.1 Å². The van der Waals surface area contributed by atoms with Gasteiger partial charge in [0.05, 0.1) is 18.9 Å². The van der Waals surface area contributed by atoms with Gasteiger partial charge in [0.1, 0.15) is 5.82 Å². The second-order valence-corrected chi connectivity index (χ2v) is 3.87. The molecule has 2 rings (SSSR count). The van der Waals surface area contributed by atoms with Crippen molar-refractivity contribution >= 4 is 17.3 Å². The van der Waals surface area contributed by atoms with Gasteiger partial charge < -0.3 is 24.9 Å². The maximum Gasteiger partial charge on any atom is 0.180 e. The molecule has 2 aromatic heterocycles. The fourth-order valence-corrected chi connectivity index (χ4v) is 1.64. The number of aliphatic hydroxyl groups is 1. The van der Waals surface area contributed by atoms with Crippen LogP contribution in [0, 0.1) is 0 Å². The van der Waals surface area contributed by atoms with Crippen LogP contribution in [-0.2, 0) is 4.74 Å². The second-order valence-electron chi connectivity index (χ2n) is 3.87. The van der Waals surface area contributed by atoms with Gasteiger partial charge >= 0.3 is 0 Å². The number of aliphatic hydroxyl groups excluding tert-OH is 1. The minimum atomic E-state index is -0.579. The zero-order chi connectivity index (χ0) is 13.0. The van der Waals surface area contributed by atoms with E-state index in [1.165, 1.54) is 0 Å². The Morgan fingerprint density at radius 1 is 1.56 bits per heavy atom. The third-order valence-corrected chi connectivity index (χ3v) is 2.49. The molecule has 0 fully saturated rings. The average Bonchev–Trinajstić information content (AvgIpc) is 2.84. The summed E-state index contributed by atoms with van der Waals surface area (Å²) in [6.07, 6.45) is 4.81. The smallest absolute Gasteiger partial charge is 0.180 e. The normalized spacial score (nSPS) is 12.6. The summed E-state index contributed by atoms with van der Waals surface area (Å²) in [6.45, 7) is 0.639. The van der Waals surface area contributed by atoms with Crippen molar-refractivity contribution in [3.8, 4) is 0 Å². The van der Waals surface area contributed by atoms with Crippen LogP contribution in [0.15, 0.2) is 18.6 Å². The predicted octanol–water partition coefficient (Wildman–Crippen LogP) is 0.190. The molecule has 2 aromatic rings. The maximum absolute atomic E-state index is 9.60. The van der Waals surface area contributed by atoms with Gasteiger partial charge in [-0.3, -0.25) is 0 Å². The van der Waals surface area contributed by atoms with Crippen molar-refractivity contribution in [3.63, 3.8) is 0 Å². The molecule has 0 aliphatic carbocycles. The molecule has 1 unspecified atom stereocenters. The van der Waals surface area contributed by atoms with Crippen LogP contribution in [-0.4, -0.2) is 52.9 Å². The molecule has 2 heterocycles. The molecule has 98 valence electrons. The number of fused-ring (bicyclic) bond motifs is 1. The Labute approximate surface area is 105 Å². The Morgan fingerprint density at radius 2 is 2.39 bits per heavy atom. The molecule has 0 saturated carbocycles. The van der Waals surface area contributed by atoms with E-state index in [0.717, 1.165) is 11.5 Å². The van der Waals surface area contributed by atoms with Crippen molar-refractivity contribution in [2.75, 3.05) is 37.9 Å². The van der Waals surface area contributed by atoms with Crippen molar-refractivity contribution < 1.29 is 9.84 Å². The van der Waals surface area contributed by atoms with E-state index in [9.17, 15) is 5.11 Å². The number of hydrogen-bond donors (Lipinski definition) is 3. The number of anilines is 2. The summed E-state index contributed by atoms with van der Waals surface area (Å²) in [6, 6.07) is 0. The fourth-order valence-electron chi connectivity index (χ4n) is 1.64. The topological polar surface area (TPSA) is 83.7 Å². The third kappa shape index (κ3) is 2.69. The van der Waals surface area contributed by atoms with E-state index in [1.807, 2.05) is 16.8 Å². The second kappa shape index (κ2) is 5.65. The molecule has 0 aromatic carbocycles. The molecule has 0 radical (unpaired) electrons. The lowest BCUT2D eigenvalue weighted by atomic mass is 10.4. The minimum absolute atomic E-state index is 0.281. The molecule has 0 saturated heterocycles. The molecular formula is C11H17N5O2. The number of methoxy groups -OCH3 is 1. The van der Waals surface area contributed by atoms with Gasteiger partial charge in [-0.05, 0) is 0 Å². The number of rotatable bonds is 6. The number of aromatic nitrogens is 3. The lowest BCUT2D eigenvalue weighted by Crippen LogP contribution is -2.24. The molecule has 0 amide bonds. The van der Waals surface area contributed by atoms with Crippen LogP contribution in [0.1, 0.15) is 0 Å². The van der Waals surface area contributed by atoms with Crippen LogP contribution in [0.4, 0.5) is 11.6 Å². The molecule has 18 heavy (non-hydrogen) atoms. The number of ether oxygens (including phenoxy) is 1. The van der Waals surface area contributed by atoms with Gasteiger partial charge in [0.2, 0.25) is 0 Å². The van der Waals surface area contributed by atoms with Gasteiger partial charge in [-0.25, -0.2) is 9.97 Å². The van der Waals surface area contributed by atoms with Gasteiger partial charge in [0.25, 0.3) is 0 Å². The first-order chi connectivity index (χ1) is 8.74. The summed E-state index contributed by atoms with van der Waals surface area (Å²) in [5, 5.41) is 15.6. The van der Waals surface area contributed by atoms with Crippen LogP contribution in [0.5, 0.6) is 0 Å². The quantitative estimate of drug-likeness (QED) is 0.680. The van der Waals surface area contributed by atoms with Crippen LogP contribution >= 0.6 is 0 Å². The van der Waals surface area contributed by atoms with E-state index in [1.54, 1.807) is 20.4 Å². The molecule has 0 spiro atoms. The van der Waals surface area contributed by atoms with E-state index in [0.29, 0.717) is 12.4 Å². The SMILES string of the molecule is CNc1cn2ccnc2c(NCC(O)COC)n1. The highest BCUT2D eigenvalue weighted by Gasteiger charge is 2.09. The molecule has 3 N–H and O–H groups in total. The molecule has 7 nitrogen and oxygen atoms in total. The van der Waals surface area contributed by atoms with Crippen molar-refractivity contribution in [2.45, 2.75) is 6.10 Å². The first-order valence-electron chi connectivity index (χ1n) is 5.67. The van der Waals surface area contributed by atoms with Crippen molar-refractivity contribution in [2.24, 2.45) is 0 Å². The number of hydrogen-bond acceptors (Lipinski definition) is 6. The molecule has 1 atom stereocenters. The molecule has 7 heteroatoms. The highest BCUT2D eigenvalue weighted by atomic mass is 16.5. The number of nitrogens with zero attached hydrogens (tertiary/aromatic N) is 3. The summed E-state index contributed by atoms with van der Waals surface area (Å²) in [5.74, 6) is 1.35. The highest BCUT2D eigenvalue weighted by Crippen LogP contribution is 2.15. The summed E-state index contributed by atoms with van der Waals surface area (Å²) in [4.78, 5) is 8.58.